The predicted molar refractivity (Wildman–Crippen MR) is 104 cm³/mol. The number of carbonyl (C=O) groups is 1. The first kappa shape index (κ1) is 20.7. The van der Waals surface area contributed by atoms with Gasteiger partial charge < -0.3 is 19.8 Å². The zero-order chi connectivity index (χ0) is 20.0. The number of carbonyl (C=O) groups excluding carboxylic acids is 1. The fourth-order valence-corrected chi connectivity index (χ4v) is 3.86. The van der Waals surface area contributed by atoms with Crippen LogP contribution in [-0.2, 0) is 21.2 Å². The van der Waals surface area contributed by atoms with Crippen LogP contribution in [0.4, 0.5) is 0 Å². The van der Waals surface area contributed by atoms with E-state index in [9.17, 15) is 13.2 Å². The lowest BCUT2D eigenvalue weighted by Crippen LogP contribution is -2.37. The summed E-state index contributed by atoms with van der Waals surface area (Å²) < 4.78 is 37.4. The van der Waals surface area contributed by atoms with Crippen LogP contribution in [-0.4, -0.2) is 33.6 Å². The summed E-state index contributed by atoms with van der Waals surface area (Å²) >= 11 is 4.86. The van der Waals surface area contributed by atoms with Crippen LogP contribution in [0.1, 0.15) is 24.1 Å². The molecule has 2 aromatic rings. The number of benzene rings is 1. The summed E-state index contributed by atoms with van der Waals surface area (Å²) in [6, 6.07) is 6.06. The topological polar surface area (TPSA) is 110 Å². The first-order valence-electron chi connectivity index (χ1n) is 7.99. The summed E-state index contributed by atoms with van der Waals surface area (Å²) in [5.74, 6) is -0.103. The van der Waals surface area contributed by atoms with Gasteiger partial charge in [-0.15, -0.1) is 0 Å². The molecule has 1 aromatic heterocycles. The monoisotopic (exact) mass is 411 g/mol. The molecule has 2 rings (SSSR count). The van der Waals surface area contributed by atoms with Crippen molar-refractivity contribution < 1.29 is 22.4 Å². The van der Waals surface area contributed by atoms with E-state index in [1.54, 1.807) is 18.4 Å². The molecule has 1 atom stereocenters. The highest BCUT2D eigenvalue weighted by molar-refractivity contribution is 7.92. The third-order valence-corrected chi connectivity index (χ3v) is 5.56. The zero-order valence-electron chi connectivity index (χ0n) is 15.1. The molecule has 0 bridgehead atoms. The maximum absolute atomic E-state index is 12.5. The summed E-state index contributed by atoms with van der Waals surface area (Å²) in [5, 5.41) is 5.32. The second-order valence-corrected chi connectivity index (χ2v) is 7.75. The number of nitrogens with one attached hydrogen (secondary N) is 3. The summed E-state index contributed by atoms with van der Waals surface area (Å²) in [6.07, 6.45) is 3.09. The minimum Gasteiger partial charge on any atom is -0.495 e. The smallest absolute Gasteiger partial charge is 0.267 e. The Kier molecular flexibility index (Phi) is 6.81. The maximum Gasteiger partial charge on any atom is 0.267 e. The molecule has 27 heavy (non-hydrogen) atoms. The molecule has 10 heteroatoms. The fourth-order valence-electron chi connectivity index (χ4n) is 2.35. The minimum absolute atomic E-state index is 0.00514. The molecule has 0 saturated heterocycles. The number of thiocarbonyl (C=S) groups is 1. The number of ether oxygens (including phenoxy) is 1. The van der Waals surface area contributed by atoms with Gasteiger partial charge in [0.05, 0.1) is 32.1 Å². The van der Waals surface area contributed by atoms with Crippen LogP contribution in [0.25, 0.3) is 0 Å². The van der Waals surface area contributed by atoms with Crippen molar-refractivity contribution in [2.45, 2.75) is 24.3 Å². The van der Waals surface area contributed by atoms with Gasteiger partial charge in [0.25, 0.3) is 10.0 Å². The molecule has 146 valence electrons. The summed E-state index contributed by atoms with van der Waals surface area (Å²) in [7, 11) is -1.09. The quantitative estimate of drug-likeness (QED) is 0.592. The van der Waals surface area contributed by atoms with Crippen molar-refractivity contribution in [3.63, 3.8) is 0 Å². The number of methoxy groups -OCH3 is 1. The standard InChI is InChI=1S/C17H21N3O5S2/c1-11(13-6-7-25-10-13)19-16(21)9-12-4-5-14(24-3)15(8-12)27(22,23)20-17(26)18-2/h4-8,10-11H,9H2,1-3H3,(H,19,21)(H2,18,20,26). The molecule has 0 radical (unpaired) electrons. The van der Waals surface area contributed by atoms with E-state index in [4.69, 9.17) is 21.4 Å². The van der Waals surface area contributed by atoms with Gasteiger partial charge in [0.1, 0.15) is 10.6 Å². The van der Waals surface area contributed by atoms with Gasteiger partial charge in [-0.2, -0.15) is 0 Å². The van der Waals surface area contributed by atoms with Crippen LogP contribution in [0, 0.1) is 0 Å². The lowest BCUT2D eigenvalue weighted by Gasteiger charge is -2.14. The Labute approximate surface area is 163 Å². The zero-order valence-corrected chi connectivity index (χ0v) is 16.7. The first-order chi connectivity index (χ1) is 12.8. The second kappa shape index (κ2) is 8.87. The van der Waals surface area contributed by atoms with Gasteiger partial charge in [-0.25, -0.2) is 8.42 Å². The molecule has 1 unspecified atom stereocenters. The van der Waals surface area contributed by atoms with Crippen molar-refractivity contribution >= 4 is 33.3 Å². The maximum atomic E-state index is 12.5. The van der Waals surface area contributed by atoms with Gasteiger partial charge in [-0.3, -0.25) is 9.52 Å². The molecule has 8 nitrogen and oxygen atoms in total. The van der Waals surface area contributed by atoms with Crippen LogP contribution in [0.5, 0.6) is 5.75 Å². The fraction of sp³-hybridized carbons (Fsp3) is 0.294. The van der Waals surface area contributed by atoms with Crippen molar-refractivity contribution in [3.8, 4) is 5.75 Å². The third-order valence-electron chi connectivity index (χ3n) is 3.76. The van der Waals surface area contributed by atoms with E-state index >= 15 is 0 Å². The van der Waals surface area contributed by atoms with Crippen molar-refractivity contribution in [2.75, 3.05) is 14.2 Å². The highest BCUT2D eigenvalue weighted by Gasteiger charge is 2.22. The molecule has 0 saturated carbocycles. The summed E-state index contributed by atoms with van der Waals surface area (Å²) in [6.45, 7) is 1.83. The molecule has 1 amide bonds. The Hall–Kier alpha value is -2.59. The van der Waals surface area contributed by atoms with Gasteiger partial charge in [-0.1, -0.05) is 6.07 Å². The lowest BCUT2D eigenvalue weighted by molar-refractivity contribution is -0.121. The second-order valence-electron chi connectivity index (χ2n) is 5.69. The van der Waals surface area contributed by atoms with Crippen LogP contribution in [0.3, 0.4) is 0 Å². The molecule has 1 heterocycles. The van der Waals surface area contributed by atoms with Crippen LogP contribution in [0.2, 0.25) is 0 Å². The molecular weight excluding hydrogens is 390 g/mol. The number of amides is 1. The molecule has 0 aliphatic carbocycles. The van der Waals surface area contributed by atoms with Crippen molar-refractivity contribution in [1.82, 2.24) is 15.4 Å². The summed E-state index contributed by atoms with van der Waals surface area (Å²) in [5.41, 5.74) is 1.36. The van der Waals surface area contributed by atoms with Gasteiger partial charge in [0.15, 0.2) is 5.11 Å². The SMILES string of the molecule is CNC(=S)NS(=O)(=O)c1cc(CC(=O)NC(C)c2ccoc2)ccc1OC. The Morgan fingerprint density at radius 2 is 2.07 bits per heavy atom. The largest absolute Gasteiger partial charge is 0.495 e. The van der Waals surface area contributed by atoms with E-state index in [-0.39, 0.29) is 34.1 Å². The predicted octanol–water partition coefficient (Wildman–Crippen LogP) is 1.49. The van der Waals surface area contributed by atoms with Gasteiger partial charge in [-0.05, 0) is 42.9 Å². The van der Waals surface area contributed by atoms with Gasteiger partial charge >= 0.3 is 0 Å². The molecule has 0 aliphatic heterocycles. The van der Waals surface area contributed by atoms with Gasteiger partial charge in [0, 0.05) is 12.6 Å². The molecule has 0 spiro atoms. The van der Waals surface area contributed by atoms with E-state index in [0.29, 0.717) is 5.56 Å². The first-order valence-corrected chi connectivity index (χ1v) is 9.89. The van der Waals surface area contributed by atoms with Crippen LogP contribution in [0.15, 0.2) is 46.1 Å². The van der Waals surface area contributed by atoms with Crippen molar-refractivity contribution in [2.24, 2.45) is 0 Å². The molecule has 1 aromatic carbocycles. The Morgan fingerprint density at radius 3 is 2.67 bits per heavy atom. The minimum atomic E-state index is -3.95. The van der Waals surface area contributed by atoms with E-state index in [0.717, 1.165) is 5.56 Å². The van der Waals surface area contributed by atoms with E-state index in [2.05, 4.69) is 15.4 Å². The molecule has 3 N–H and O–H groups in total. The highest BCUT2D eigenvalue weighted by atomic mass is 32.2. The van der Waals surface area contributed by atoms with E-state index < -0.39 is 10.0 Å². The molecular formula is C17H21N3O5S2. The third kappa shape index (κ3) is 5.44. The van der Waals surface area contributed by atoms with E-state index in [1.165, 1.54) is 32.6 Å². The number of sulfonamides is 1. The van der Waals surface area contributed by atoms with Crippen LogP contribution < -0.4 is 20.1 Å². The Bertz CT molecular complexity index is 911. The lowest BCUT2D eigenvalue weighted by atomic mass is 10.1. The van der Waals surface area contributed by atoms with Crippen molar-refractivity contribution in [3.05, 3.63) is 47.9 Å². The average molecular weight is 412 g/mol. The Morgan fingerprint density at radius 1 is 1.33 bits per heavy atom. The van der Waals surface area contributed by atoms with Gasteiger partial charge in [0.2, 0.25) is 5.91 Å². The summed E-state index contributed by atoms with van der Waals surface area (Å²) in [4.78, 5) is 12.2. The average Bonchev–Trinajstić information content (AvgIpc) is 3.16. The number of hydrogen-bond donors (Lipinski definition) is 3. The molecule has 0 aliphatic rings. The number of hydrogen-bond acceptors (Lipinski definition) is 6. The normalized spacial score (nSPS) is 12.1. The molecule has 0 fully saturated rings. The Balaban J connectivity index is 2.18. The number of furan rings is 1. The highest BCUT2D eigenvalue weighted by Crippen LogP contribution is 2.25. The number of rotatable bonds is 7. The van der Waals surface area contributed by atoms with E-state index in [1.807, 2.05) is 6.92 Å². The van der Waals surface area contributed by atoms with Crippen molar-refractivity contribution in [1.29, 1.82) is 0 Å². The van der Waals surface area contributed by atoms with Crippen LogP contribution >= 0.6 is 12.2 Å².